The predicted molar refractivity (Wildman–Crippen MR) is 107 cm³/mol. The quantitative estimate of drug-likeness (QED) is 0.654. The maximum absolute atomic E-state index is 13.1. The van der Waals surface area contributed by atoms with Crippen LogP contribution in [0.5, 0.6) is 0 Å². The standard InChI is InChI=1S/C19H24N6O3S/c1-13-20-17(11-24(13)2)29(26,27)25-9-15(12-28-3)16(10-25)19-21-18(22-23-19)14-7-5-4-6-8-14/h4-8,11,15-16H,9-10,12H2,1-3H3,(H,21,22,23)/t15-,16+/m0/s1. The smallest absolute Gasteiger partial charge is 0.262 e. The summed E-state index contributed by atoms with van der Waals surface area (Å²) in [6.07, 6.45) is 1.55. The van der Waals surface area contributed by atoms with Crippen molar-refractivity contribution >= 4 is 10.0 Å². The first-order valence-electron chi connectivity index (χ1n) is 9.37. The van der Waals surface area contributed by atoms with Gasteiger partial charge in [-0.1, -0.05) is 30.3 Å². The van der Waals surface area contributed by atoms with Gasteiger partial charge in [-0.05, 0) is 6.92 Å². The highest BCUT2D eigenvalue weighted by atomic mass is 32.2. The van der Waals surface area contributed by atoms with Gasteiger partial charge in [0.2, 0.25) is 0 Å². The lowest BCUT2D eigenvalue weighted by molar-refractivity contribution is 0.150. The molecule has 0 radical (unpaired) electrons. The number of sulfonamides is 1. The molecule has 1 aromatic carbocycles. The number of methoxy groups -OCH3 is 1. The van der Waals surface area contributed by atoms with E-state index in [4.69, 9.17) is 4.74 Å². The molecule has 2 atom stereocenters. The number of hydrogen-bond acceptors (Lipinski definition) is 6. The van der Waals surface area contributed by atoms with Crippen molar-refractivity contribution < 1.29 is 13.2 Å². The van der Waals surface area contributed by atoms with Gasteiger partial charge in [-0.15, -0.1) is 0 Å². The molecule has 1 N–H and O–H groups in total. The normalized spacial score (nSPS) is 20.4. The van der Waals surface area contributed by atoms with Gasteiger partial charge < -0.3 is 9.30 Å². The van der Waals surface area contributed by atoms with Crippen molar-refractivity contribution in [3.8, 4) is 11.4 Å². The van der Waals surface area contributed by atoms with Crippen LogP contribution in [0.15, 0.2) is 41.6 Å². The molecule has 3 aromatic rings. The number of aromatic nitrogens is 5. The molecule has 4 rings (SSSR count). The highest BCUT2D eigenvalue weighted by Crippen LogP contribution is 2.34. The lowest BCUT2D eigenvalue weighted by Crippen LogP contribution is -2.29. The second-order valence-corrected chi connectivity index (χ2v) is 9.18. The van der Waals surface area contributed by atoms with Gasteiger partial charge in [-0.3, -0.25) is 5.10 Å². The first-order valence-corrected chi connectivity index (χ1v) is 10.8. The van der Waals surface area contributed by atoms with Crippen molar-refractivity contribution in [2.75, 3.05) is 26.8 Å². The molecular formula is C19H24N6O3S. The Balaban J connectivity index is 1.62. The number of nitrogens with one attached hydrogen (secondary N) is 1. The van der Waals surface area contributed by atoms with Crippen LogP contribution in [0.3, 0.4) is 0 Å². The monoisotopic (exact) mass is 416 g/mol. The molecule has 1 aliphatic heterocycles. The highest BCUT2D eigenvalue weighted by Gasteiger charge is 2.42. The molecule has 0 spiro atoms. The van der Waals surface area contributed by atoms with Crippen LogP contribution in [0.2, 0.25) is 0 Å². The molecule has 1 saturated heterocycles. The average molecular weight is 417 g/mol. The zero-order chi connectivity index (χ0) is 20.6. The minimum absolute atomic E-state index is 0.0313. The van der Waals surface area contributed by atoms with Crippen molar-refractivity contribution in [1.82, 2.24) is 29.0 Å². The van der Waals surface area contributed by atoms with E-state index < -0.39 is 10.0 Å². The van der Waals surface area contributed by atoms with Crippen LogP contribution in [0, 0.1) is 12.8 Å². The fraction of sp³-hybridized carbons (Fsp3) is 0.421. The second-order valence-electron chi connectivity index (χ2n) is 7.29. The summed E-state index contributed by atoms with van der Waals surface area (Å²) >= 11 is 0. The Hall–Kier alpha value is -2.56. The van der Waals surface area contributed by atoms with Crippen LogP contribution < -0.4 is 0 Å². The van der Waals surface area contributed by atoms with E-state index in [-0.39, 0.29) is 16.9 Å². The Morgan fingerprint density at radius 3 is 2.62 bits per heavy atom. The van der Waals surface area contributed by atoms with Gasteiger partial charge in [-0.25, -0.2) is 18.4 Å². The first-order chi connectivity index (χ1) is 13.9. The van der Waals surface area contributed by atoms with E-state index in [0.29, 0.717) is 37.2 Å². The van der Waals surface area contributed by atoms with Gasteiger partial charge in [0.1, 0.15) is 11.6 Å². The molecule has 0 unspecified atom stereocenters. The minimum atomic E-state index is -3.69. The van der Waals surface area contributed by atoms with Crippen molar-refractivity contribution in [2.45, 2.75) is 17.9 Å². The van der Waals surface area contributed by atoms with E-state index in [1.807, 2.05) is 30.3 Å². The lowest BCUT2D eigenvalue weighted by atomic mass is 9.96. The summed E-state index contributed by atoms with van der Waals surface area (Å²) < 4.78 is 34.8. The number of hydrogen-bond donors (Lipinski definition) is 1. The zero-order valence-electron chi connectivity index (χ0n) is 16.6. The topological polar surface area (TPSA) is 106 Å². The van der Waals surface area contributed by atoms with Crippen LogP contribution in [-0.2, 0) is 21.8 Å². The van der Waals surface area contributed by atoms with E-state index in [1.165, 1.54) is 4.31 Å². The summed E-state index contributed by atoms with van der Waals surface area (Å²) in [5.74, 6) is 1.74. The fourth-order valence-electron chi connectivity index (χ4n) is 3.66. The van der Waals surface area contributed by atoms with Crippen molar-refractivity contribution in [3.05, 3.63) is 48.2 Å². The third kappa shape index (κ3) is 3.70. The number of ether oxygens (including phenoxy) is 1. The van der Waals surface area contributed by atoms with E-state index >= 15 is 0 Å². The zero-order valence-corrected chi connectivity index (χ0v) is 17.4. The van der Waals surface area contributed by atoms with Crippen LogP contribution in [0.25, 0.3) is 11.4 Å². The van der Waals surface area contributed by atoms with E-state index in [0.717, 1.165) is 5.56 Å². The number of H-pyrrole nitrogens is 1. The minimum Gasteiger partial charge on any atom is -0.384 e. The lowest BCUT2D eigenvalue weighted by Gasteiger charge is -2.14. The van der Waals surface area contributed by atoms with Crippen molar-refractivity contribution in [3.63, 3.8) is 0 Å². The van der Waals surface area contributed by atoms with Gasteiger partial charge in [0.25, 0.3) is 10.0 Å². The molecule has 154 valence electrons. The summed E-state index contributed by atoms with van der Waals surface area (Å²) in [5, 5.41) is 7.39. The Bertz CT molecular complexity index is 1070. The molecule has 9 nitrogen and oxygen atoms in total. The molecule has 1 aliphatic rings. The third-order valence-electron chi connectivity index (χ3n) is 5.36. The van der Waals surface area contributed by atoms with E-state index in [1.54, 1.807) is 31.8 Å². The molecule has 0 amide bonds. The number of rotatable bonds is 6. The summed E-state index contributed by atoms with van der Waals surface area (Å²) in [7, 11) is -0.298. The van der Waals surface area contributed by atoms with Gasteiger partial charge in [-0.2, -0.15) is 9.40 Å². The van der Waals surface area contributed by atoms with Crippen LogP contribution in [0.1, 0.15) is 17.6 Å². The summed E-state index contributed by atoms with van der Waals surface area (Å²) in [5.41, 5.74) is 0.907. The van der Waals surface area contributed by atoms with Crippen molar-refractivity contribution in [1.29, 1.82) is 0 Å². The molecule has 10 heteroatoms. The first kappa shape index (κ1) is 19.7. The second kappa shape index (κ2) is 7.69. The maximum Gasteiger partial charge on any atom is 0.262 e. The number of nitrogens with zero attached hydrogens (tertiary/aromatic N) is 5. The average Bonchev–Trinajstić information content (AvgIpc) is 3.42. The number of aromatic amines is 1. The van der Waals surface area contributed by atoms with E-state index in [2.05, 4.69) is 20.2 Å². The maximum atomic E-state index is 13.1. The van der Waals surface area contributed by atoms with E-state index in [9.17, 15) is 8.42 Å². The van der Waals surface area contributed by atoms with Crippen LogP contribution in [0.4, 0.5) is 0 Å². The van der Waals surface area contributed by atoms with Crippen molar-refractivity contribution in [2.24, 2.45) is 13.0 Å². The van der Waals surface area contributed by atoms with Crippen LogP contribution >= 0.6 is 0 Å². The van der Waals surface area contributed by atoms with Gasteiger partial charge in [0.15, 0.2) is 10.9 Å². The SMILES string of the molecule is COC[C@@H]1CN(S(=O)(=O)c2cn(C)c(C)n2)C[C@H]1c1nc(-c2ccccc2)n[nH]1. The Morgan fingerprint density at radius 1 is 1.21 bits per heavy atom. The molecule has 2 aromatic heterocycles. The Labute approximate surface area is 169 Å². The van der Waals surface area contributed by atoms with Gasteiger partial charge in [0, 0.05) is 50.8 Å². The molecule has 29 heavy (non-hydrogen) atoms. The van der Waals surface area contributed by atoms with Gasteiger partial charge in [0.05, 0.1) is 6.61 Å². The summed E-state index contributed by atoms with van der Waals surface area (Å²) in [6, 6.07) is 9.67. The number of benzene rings is 1. The molecule has 0 aliphatic carbocycles. The summed E-state index contributed by atoms with van der Waals surface area (Å²) in [4.78, 5) is 8.84. The van der Waals surface area contributed by atoms with Crippen LogP contribution in [-0.4, -0.2) is 64.3 Å². The Morgan fingerprint density at radius 2 is 1.97 bits per heavy atom. The number of imidazole rings is 1. The molecular weight excluding hydrogens is 392 g/mol. The summed E-state index contributed by atoms with van der Waals surface area (Å²) in [6.45, 7) is 2.85. The largest absolute Gasteiger partial charge is 0.384 e. The van der Waals surface area contributed by atoms with Gasteiger partial charge >= 0.3 is 0 Å². The fourth-order valence-corrected chi connectivity index (χ4v) is 5.21. The molecule has 0 bridgehead atoms. The highest BCUT2D eigenvalue weighted by molar-refractivity contribution is 7.89. The molecule has 1 fully saturated rings. The third-order valence-corrected chi connectivity index (χ3v) is 7.07. The molecule has 0 saturated carbocycles. The predicted octanol–water partition coefficient (Wildman–Crippen LogP) is 1.56. The molecule has 3 heterocycles. The number of aryl methyl sites for hydroxylation is 2. The Kier molecular flexibility index (Phi) is 5.24.